The normalized spacial score (nSPS) is 9.89. The molecule has 0 amide bonds. The van der Waals surface area contributed by atoms with Crippen LogP contribution < -0.4 is 15.4 Å². The minimum absolute atomic E-state index is 0.518. The topological polar surface area (TPSA) is 84.9 Å². The van der Waals surface area contributed by atoms with Gasteiger partial charge in [-0.1, -0.05) is 0 Å². The van der Waals surface area contributed by atoms with Crippen LogP contribution in [0.1, 0.15) is 5.69 Å². The fraction of sp³-hybridized carbons (Fsp3) is 0.273. The monoisotopic (exact) mass is 246 g/mol. The number of nitrogens with zero attached hydrogens (tertiary/aromatic N) is 4. The zero-order valence-corrected chi connectivity index (χ0v) is 10.2. The number of hydrogen-bond donors (Lipinski definition) is 2. The molecule has 0 saturated carbocycles. The predicted molar refractivity (Wildman–Crippen MR) is 67.5 cm³/mol. The minimum Gasteiger partial charge on any atom is -0.490 e. The summed E-state index contributed by atoms with van der Waals surface area (Å²) in [7, 11) is 3.35. The van der Waals surface area contributed by atoms with E-state index in [0.29, 0.717) is 23.9 Å². The average Bonchev–Trinajstić information content (AvgIpc) is 2.45. The van der Waals surface area contributed by atoms with E-state index in [1.807, 2.05) is 12.1 Å². The molecule has 0 atom stereocenters. The van der Waals surface area contributed by atoms with Crippen LogP contribution in [0.4, 0.5) is 11.6 Å². The van der Waals surface area contributed by atoms with Crippen LogP contribution in [-0.2, 0) is 6.54 Å². The van der Waals surface area contributed by atoms with Gasteiger partial charge < -0.3 is 15.4 Å². The summed E-state index contributed by atoms with van der Waals surface area (Å²) in [5.74, 6) is 1.82. The number of methoxy groups -OCH3 is 1. The third-order valence-electron chi connectivity index (χ3n) is 2.31. The Morgan fingerprint density at radius 2 is 2.11 bits per heavy atom. The zero-order valence-electron chi connectivity index (χ0n) is 10.2. The number of aromatic nitrogens is 4. The molecule has 2 aromatic rings. The van der Waals surface area contributed by atoms with Gasteiger partial charge >= 0.3 is 0 Å². The number of nitrogens with one attached hydrogen (secondary N) is 2. The number of hydrogen-bond acceptors (Lipinski definition) is 7. The maximum absolute atomic E-state index is 5.27. The molecule has 0 bridgehead atoms. The molecule has 0 radical (unpaired) electrons. The molecule has 94 valence electrons. The fourth-order valence-electron chi connectivity index (χ4n) is 1.47. The second-order valence-electron chi connectivity index (χ2n) is 3.42. The van der Waals surface area contributed by atoms with Crippen LogP contribution in [0.2, 0.25) is 0 Å². The first-order valence-corrected chi connectivity index (χ1v) is 5.42. The van der Waals surface area contributed by atoms with Gasteiger partial charge in [-0.3, -0.25) is 0 Å². The highest BCUT2D eigenvalue weighted by Gasteiger charge is 2.10. The van der Waals surface area contributed by atoms with E-state index in [1.54, 1.807) is 20.4 Å². The molecule has 18 heavy (non-hydrogen) atoms. The van der Waals surface area contributed by atoms with E-state index in [2.05, 4.69) is 30.8 Å². The van der Waals surface area contributed by atoms with Gasteiger partial charge in [-0.2, -0.15) is 10.2 Å². The molecule has 7 nitrogen and oxygen atoms in total. The van der Waals surface area contributed by atoms with Crippen molar-refractivity contribution in [3.05, 3.63) is 30.4 Å². The van der Waals surface area contributed by atoms with Crippen LogP contribution >= 0.6 is 0 Å². The Morgan fingerprint density at radius 1 is 1.28 bits per heavy atom. The first-order chi connectivity index (χ1) is 8.85. The quantitative estimate of drug-likeness (QED) is 0.811. The molecule has 0 aliphatic heterocycles. The summed E-state index contributed by atoms with van der Waals surface area (Å²) in [6.45, 7) is 0.518. The van der Waals surface area contributed by atoms with E-state index < -0.39 is 0 Å². The third-order valence-corrected chi connectivity index (χ3v) is 2.31. The summed E-state index contributed by atoms with van der Waals surface area (Å²) in [6, 6.07) is 3.72. The Labute approximate surface area is 105 Å². The van der Waals surface area contributed by atoms with Crippen LogP contribution in [0.5, 0.6) is 5.75 Å². The van der Waals surface area contributed by atoms with Crippen LogP contribution in [0.25, 0.3) is 0 Å². The highest BCUT2D eigenvalue weighted by molar-refractivity contribution is 5.63. The van der Waals surface area contributed by atoms with E-state index >= 15 is 0 Å². The standard InChI is InChI=1S/C11H14N6O/c1-12-10-9(18-2)11(15-7-14-10)13-6-8-4-3-5-16-17-8/h3-5,7H,6H2,1-2H3,(H2,12,13,14,15). The highest BCUT2D eigenvalue weighted by Crippen LogP contribution is 2.28. The maximum atomic E-state index is 5.27. The first kappa shape index (κ1) is 12.0. The molecule has 2 N–H and O–H groups in total. The molecule has 2 rings (SSSR count). The second kappa shape index (κ2) is 5.76. The minimum atomic E-state index is 0.518. The maximum Gasteiger partial charge on any atom is 0.204 e. The van der Waals surface area contributed by atoms with Crippen molar-refractivity contribution < 1.29 is 4.74 Å². The van der Waals surface area contributed by atoms with Crippen LogP contribution in [0.15, 0.2) is 24.7 Å². The van der Waals surface area contributed by atoms with Gasteiger partial charge in [0.2, 0.25) is 5.75 Å². The van der Waals surface area contributed by atoms with Crippen molar-refractivity contribution >= 4 is 11.6 Å². The van der Waals surface area contributed by atoms with Gasteiger partial charge in [0, 0.05) is 13.2 Å². The molecule has 0 spiro atoms. The Balaban J connectivity index is 2.14. The smallest absolute Gasteiger partial charge is 0.204 e. The largest absolute Gasteiger partial charge is 0.490 e. The van der Waals surface area contributed by atoms with Crippen LogP contribution in [0.3, 0.4) is 0 Å². The van der Waals surface area contributed by atoms with Gasteiger partial charge in [-0.05, 0) is 12.1 Å². The number of anilines is 2. The van der Waals surface area contributed by atoms with Crippen molar-refractivity contribution in [1.29, 1.82) is 0 Å². The Kier molecular flexibility index (Phi) is 3.85. The molecular formula is C11H14N6O. The van der Waals surface area contributed by atoms with Crippen molar-refractivity contribution in [3.63, 3.8) is 0 Å². The third kappa shape index (κ3) is 2.62. The van der Waals surface area contributed by atoms with Crippen molar-refractivity contribution in [2.45, 2.75) is 6.54 Å². The molecule has 0 fully saturated rings. The van der Waals surface area contributed by atoms with E-state index in [-0.39, 0.29) is 0 Å². The summed E-state index contributed by atoms with van der Waals surface area (Å²) in [4.78, 5) is 8.21. The van der Waals surface area contributed by atoms with Crippen LogP contribution in [-0.4, -0.2) is 34.3 Å². The number of rotatable bonds is 5. The first-order valence-electron chi connectivity index (χ1n) is 5.42. The van der Waals surface area contributed by atoms with E-state index in [9.17, 15) is 0 Å². The average molecular weight is 246 g/mol. The summed E-state index contributed by atoms with van der Waals surface area (Å²) in [5, 5.41) is 13.9. The molecule has 0 saturated heterocycles. The van der Waals surface area contributed by atoms with E-state index in [4.69, 9.17) is 4.74 Å². The Hall–Kier alpha value is -2.44. The molecule has 0 aliphatic carbocycles. The van der Waals surface area contributed by atoms with Gasteiger partial charge in [0.15, 0.2) is 11.6 Å². The molecule has 0 aliphatic rings. The lowest BCUT2D eigenvalue weighted by molar-refractivity contribution is 0.415. The van der Waals surface area contributed by atoms with Gasteiger partial charge in [0.25, 0.3) is 0 Å². The SMILES string of the molecule is CNc1ncnc(NCc2cccnn2)c1OC. The van der Waals surface area contributed by atoms with Crippen molar-refractivity contribution in [3.8, 4) is 5.75 Å². The highest BCUT2D eigenvalue weighted by atomic mass is 16.5. The summed E-state index contributed by atoms with van der Waals surface area (Å²) < 4.78 is 5.27. The Morgan fingerprint density at radius 3 is 2.78 bits per heavy atom. The van der Waals surface area contributed by atoms with E-state index in [1.165, 1.54) is 6.33 Å². The predicted octanol–water partition coefficient (Wildman–Crippen LogP) is 0.929. The summed E-state index contributed by atoms with van der Waals surface area (Å²) in [5.41, 5.74) is 0.823. The lowest BCUT2D eigenvalue weighted by Crippen LogP contribution is -2.07. The molecule has 2 heterocycles. The Bertz CT molecular complexity index is 504. The van der Waals surface area contributed by atoms with Crippen molar-refractivity contribution in [2.24, 2.45) is 0 Å². The molecular weight excluding hydrogens is 232 g/mol. The molecule has 7 heteroatoms. The van der Waals surface area contributed by atoms with E-state index in [0.717, 1.165) is 5.69 Å². The molecule has 0 unspecified atom stereocenters. The second-order valence-corrected chi connectivity index (χ2v) is 3.42. The van der Waals surface area contributed by atoms with Gasteiger partial charge in [0.1, 0.15) is 6.33 Å². The van der Waals surface area contributed by atoms with Gasteiger partial charge in [-0.25, -0.2) is 9.97 Å². The van der Waals surface area contributed by atoms with Crippen molar-refractivity contribution in [1.82, 2.24) is 20.2 Å². The summed E-state index contributed by atoms with van der Waals surface area (Å²) >= 11 is 0. The van der Waals surface area contributed by atoms with Crippen LogP contribution in [0, 0.1) is 0 Å². The van der Waals surface area contributed by atoms with Gasteiger partial charge in [-0.15, -0.1) is 0 Å². The number of ether oxygens (including phenoxy) is 1. The molecule has 0 aromatic carbocycles. The fourth-order valence-corrected chi connectivity index (χ4v) is 1.47. The molecule has 2 aromatic heterocycles. The lowest BCUT2D eigenvalue weighted by Gasteiger charge is -2.12. The lowest BCUT2D eigenvalue weighted by atomic mass is 10.4. The van der Waals surface area contributed by atoms with Crippen molar-refractivity contribution in [2.75, 3.05) is 24.8 Å². The zero-order chi connectivity index (χ0) is 12.8. The summed E-state index contributed by atoms with van der Waals surface area (Å²) in [6.07, 6.45) is 3.10. The van der Waals surface area contributed by atoms with Gasteiger partial charge in [0.05, 0.1) is 19.3 Å².